The molecule has 0 aliphatic carbocycles. The number of hydrogen-bond donors (Lipinski definition) is 1. The molecule has 8 nitrogen and oxygen atoms in total. The molecule has 0 aromatic heterocycles. The smallest absolute Gasteiger partial charge is 0.309 e. The average Bonchev–Trinajstić information content (AvgIpc) is 2.67. The molecule has 1 saturated heterocycles. The lowest BCUT2D eigenvalue weighted by molar-refractivity contribution is -0.149. The Kier molecular flexibility index (Phi) is 6.60. The zero-order chi connectivity index (χ0) is 19.3. The molecule has 1 N–H and O–H groups in total. The number of rotatable bonds is 6. The van der Waals surface area contributed by atoms with Gasteiger partial charge in [0.2, 0.25) is 10.0 Å². The Morgan fingerprint density at radius 1 is 1.27 bits per heavy atom. The normalized spacial score (nSPS) is 15.6. The summed E-state index contributed by atoms with van der Waals surface area (Å²) in [6.07, 6.45) is 1.06. The van der Waals surface area contributed by atoms with Gasteiger partial charge in [0, 0.05) is 18.7 Å². The highest BCUT2D eigenvalue weighted by atomic mass is 32.2. The number of benzene rings is 1. The van der Waals surface area contributed by atoms with E-state index in [4.69, 9.17) is 9.47 Å². The van der Waals surface area contributed by atoms with Crippen LogP contribution < -0.4 is 9.46 Å². The van der Waals surface area contributed by atoms with Gasteiger partial charge in [0.05, 0.1) is 19.6 Å². The number of methoxy groups -OCH3 is 1. The van der Waals surface area contributed by atoms with Crippen molar-refractivity contribution in [3.8, 4) is 5.75 Å². The van der Waals surface area contributed by atoms with Gasteiger partial charge in [-0.25, -0.2) is 13.1 Å². The third-order valence-corrected chi connectivity index (χ3v) is 5.81. The van der Waals surface area contributed by atoms with Crippen molar-refractivity contribution in [1.82, 2.24) is 9.62 Å². The van der Waals surface area contributed by atoms with E-state index in [-0.39, 0.29) is 34.0 Å². The van der Waals surface area contributed by atoms with E-state index in [0.29, 0.717) is 32.5 Å². The van der Waals surface area contributed by atoms with Crippen LogP contribution in [0.2, 0.25) is 0 Å². The molecule has 2 rings (SSSR count). The van der Waals surface area contributed by atoms with Crippen LogP contribution in [0.15, 0.2) is 23.1 Å². The van der Waals surface area contributed by atoms with Gasteiger partial charge in [0.1, 0.15) is 10.6 Å². The molecule has 0 radical (unpaired) electrons. The lowest BCUT2D eigenvalue weighted by atomic mass is 9.96. The van der Waals surface area contributed by atoms with E-state index in [9.17, 15) is 18.0 Å². The van der Waals surface area contributed by atoms with E-state index in [0.717, 1.165) is 0 Å². The van der Waals surface area contributed by atoms with Crippen molar-refractivity contribution < 1.29 is 27.5 Å². The van der Waals surface area contributed by atoms with E-state index >= 15 is 0 Å². The van der Waals surface area contributed by atoms with Gasteiger partial charge in [-0.3, -0.25) is 9.59 Å². The molecule has 0 unspecified atom stereocenters. The summed E-state index contributed by atoms with van der Waals surface area (Å²) in [6.45, 7) is 2.94. The molecule has 1 heterocycles. The molecule has 0 bridgehead atoms. The fraction of sp³-hybridized carbons (Fsp3) is 0.529. The maximum absolute atomic E-state index is 12.7. The molecule has 1 aromatic rings. The molecule has 0 saturated carbocycles. The lowest BCUT2D eigenvalue weighted by Crippen LogP contribution is -2.40. The summed E-state index contributed by atoms with van der Waals surface area (Å²) in [4.78, 5) is 26.0. The summed E-state index contributed by atoms with van der Waals surface area (Å²) in [6, 6.07) is 4.31. The number of piperidine rings is 1. The van der Waals surface area contributed by atoms with Crippen LogP contribution in [0.3, 0.4) is 0 Å². The second-order valence-corrected chi connectivity index (χ2v) is 7.75. The zero-order valence-electron chi connectivity index (χ0n) is 15.1. The number of sulfonamides is 1. The topological polar surface area (TPSA) is 102 Å². The summed E-state index contributed by atoms with van der Waals surface area (Å²) in [5.74, 6) is -0.541. The van der Waals surface area contributed by atoms with E-state index in [1.807, 2.05) is 0 Å². The molecule has 1 fully saturated rings. The molecule has 1 amide bonds. The minimum atomic E-state index is -3.76. The van der Waals surface area contributed by atoms with Crippen LogP contribution in [0.1, 0.15) is 30.1 Å². The van der Waals surface area contributed by atoms with E-state index in [1.54, 1.807) is 11.8 Å². The van der Waals surface area contributed by atoms with E-state index in [2.05, 4.69) is 4.72 Å². The van der Waals surface area contributed by atoms with Gasteiger partial charge in [0.25, 0.3) is 5.91 Å². The highest BCUT2D eigenvalue weighted by Crippen LogP contribution is 2.26. The predicted molar refractivity (Wildman–Crippen MR) is 94.5 cm³/mol. The van der Waals surface area contributed by atoms with Gasteiger partial charge in [-0.05, 0) is 45.0 Å². The van der Waals surface area contributed by atoms with Crippen molar-refractivity contribution in [3.63, 3.8) is 0 Å². The molecule has 1 aromatic carbocycles. The second kappa shape index (κ2) is 8.50. The monoisotopic (exact) mass is 384 g/mol. The molecule has 1 aliphatic rings. The number of nitrogens with zero attached hydrogens (tertiary/aromatic N) is 1. The van der Waals surface area contributed by atoms with Gasteiger partial charge >= 0.3 is 5.97 Å². The Morgan fingerprint density at radius 3 is 2.46 bits per heavy atom. The van der Waals surface area contributed by atoms with Crippen LogP contribution in [0.25, 0.3) is 0 Å². The van der Waals surface area contributed by atoms with Crippen LogP contribution in [0.4, 0.5) is 0 Å². The van der Waals surface area contributed by atoms with Crippen molar-refractivity contribution in [1.29, 1.82) is 0 Å². The number of nitrogens with one attached hydrogen (secondary N) is 1. The van der Waals surface area contributed by atoms with Gasteiger partial charge in [-0.1, -0.05) is 0 Å². The molecule has 9 heteroatoms. The fourth-order valence-electron chi connectivity index (χ4n) is 2.89. The summed E-state index contributed by atoms with van der Waals surface area (Å²) in [7, 11) is -1.10. The Bertz CT molecular complexity index is 769. The van der Waals surface area contributed by atoms with Crippen molar-refractivity contribution in [2.75, 3.05) is 33.9 Å². The van der Waals surface area contributed by atoms with Crippen molar-refractivity contribution in [3.05, 3.63) is 23.8 Å². The lowest BCUT2D eigenvalue weighted by Gasteiger charge is -2.31. The average molecular weight is 384 g/mol. The Balaban J connectivity index is 2.16. The van der Waals surface area contributed by atoms with Gasteiger partial charge < -0.3 is 14.4 Å². The molecular formula is C17H24N2O6S. The standard InChI is InChI=1S/C17H24N2O6S/c1-4-25-17(21)12-7-9-19(10-8-12)16(20)13-5-6-14(24-3)15(11-13)26(22,23)18-2/h5-6,11-12,18H,4,7-10H2,1-3H3. The largest absolute Gasteiger partial charge is 0.495 e. The first-order chi connectivity index (χ1) is 12.3. The number of ether oxygens (including phenoxy) is 2. The maximum Gasteiger partial charge on any atom is 0.309 e. The first-order valence-electron chi connectivity index (χ1n) is 8.41. The Hall–Kier alpha value is -2.13. The molecule has 1 aliphatic heterocycles. The molecular weight excluding hydrogens is 360 g/mol. The molecule has 144 valence electrons. The number of likely N-dealkylation sites (tertiary alicyclic amines) is 1. The second-order valence-electron chi connectivity index (χ2n) is 5.89. The number of carbonyl (C=O) groups is 2. The van der Waals surface area contributed by atoms with Gasteiger partial charge in [-0.2, -0.15) is 0 Å². The summed E-state index contributed by atoms with van der Waals surface area (Å²) in [5, 5.41) is 0. The highest BCUT2D eigenvalue weighted by molar-refractivity contribution is 7.89. The summed E-state index contributed by atoms with van der Waals surface area (Å²) < 4.78 is 36.6. The zero-order valence-corrected chi connectivity index (χ0v) is 16.0. The predicted octanol–water partition coefficient (Wildman–Crippen LogP) is 1.02. The number of esters is 1. The third kappa shape index (κ3) is 4.34. The molecule has 26 heavy (non-hydrogen) atoms. The minimum Gasteiger partial charge on any atom is -0.495 e. The van der Waals surface area contributed by atoms with Gasteiger partial charge in [-0.15, -0.1) is 0 Å². The minimum absolute atomic E-state index is 0.0882. The molecule has 0 atom stereocenters. The quantitative estimate of drug-likeness (QED) is 0.735. The van der Waals surface area contributed by atoms with Crippen LogP contribution in [0, 0.1) is 5.92 Å². The van der Waals surface area contributed by atoms with Crippen molar-refractivity contribution in [2.45, 2.75) is 24.7 Å². The SMILES string of the molecule is CCOC(=O)C1CCN(C(=O)c2ccc(OC)c(S(=O)(=O)NC)c2)CC1. The first kappa shape index (κ1) is 20.2. The van der Waals surface area contributed by atoms with E-state index < -0.39 is 10.0 Å². The molecule has 0 spiro atoms. The number of amides is 1. The summed E-state index contributed by atoms with van der Waals surface area (Å²) in [5.41, 5.74) is 0.259. The van der Waals surface area contributed by atoms with Gasteiger partial charge in [0.15, 0.2) is 0 Å². The van der Waals surface area contributed by atoms with Crippen molar-refractivity contribution in [2.24, 2.45) is 5.92 Å². The number of hydrogen-bond acceptors (Lipinski definition) is 6. The Morgan fingerprint density at radius 2 is 1.92 bits per heavy atom. The fourth-order valence-corrected chi connectivity index (χ4v) is 3.81. The van der Waals surface area contributed by atoms with Crippen molar-refractivity contribution >= 4 is 21.9 Å². The van der Waals surface area contributed by atoms with Crippen LogP contribution >= 0.6 is 0 Å². The van der Waals surface area contributed by atoms with Crippen LogP contribution in [-0.4, -0.2) is 59.0 Å². The first-order valence-corrected chi connectivity index (χ1v) is 9.89. The number of carbonyl (C=O) groups excluding carboxylic acids is 2. The van der Waals surface area contributed by atoms with Crippen LogP contribution in [-0.2, 0) is 19.6 Å². The Labute approximate surface area is 153 Å². The third-order valence-electron chi connectivity index (χ3n) is 4.37. The van der Waals surface area contributed by atoms with E-state index in [1.165, 1.54) is 32.4 Å². The maximum atomic E-state index is 12.7. The summed E-state index contributed by atoms with van der Waals surface area (Å²) >= 11 is 0. The highest BCUT2D eigenvalue weighted by Gasteiger charge is 2.29. The van der Waals surface area contributed by atoms with Crippen LogP contribution in [0.5, 0.6) is 5.75 Å².